The number of nitrogens with two attached hydrogens (primary N) is 1. The summed E-state index contributed by atoms with van der Waals surface area (Å²) in [5, 5.41) is 12.5. The van der Waals surface area contributed by atoms with Crippen LogP contribution in [0.15, 0.2) is 24.4 Å². The molecule has 0 atom stereocenters. The van der Waals surface area contributed by atoms with Gasteiger partial charge in [0.15, 0.2) is 11.6 Å². The number of carboxylic acids is 1. The Kier molecular flexibility index (Phi) is 2.99. The van der Waals surface area contributed by atoms with E-state index in [0.717, 1.165) is 29.1 Å². The number of hydrogen-bond donors (Lipinski definition) is 2. The summed E-state index contributed by atoms with van der Waals surface area (Å²) in [7, 11) is 0. The van der Waals surface area contributed by atoms with Crippen molar-refractivity contribution in [2.45, 2.75) is 0 Å². The van der Waals surface area contributed by atoms with Crippen molar-refractivity contribution >= 4 is 11.9 Å². The van der Waals surface area contributed by atoms with Crippen molar-refractivity contribution in [3.8, 4) is 5.69 Å². The lowest BCUT2D eigenvalue weighted by Gasteiger charge is -2.06. The zero-order valence-corrected chi connectivity index (χ0v) is 9.30. The molecule has 0 aliphatic heterocycles. The predicted octanol–water partition coefficient (Wildman–Crippen LogP) is 0.948. The van der Waals surface area contributed by atoms with E-state index in [1.165, 1.54) is 0 Å². The van der Waals surface area contributed by atoms with Gasteiger partial charge in [-0.2, -0.15) is 5.10 Å². The molecule has 0 bridgehead atoms. The van der Waals surface area contributed by atoms with Crippen LogP contribution in [0.4, 0.5) is 8.78 Å². The number of amides is 1. The maximum absolute atomic E-state index is 13.1. The highest BCUT2D eigenvalue weighted by atomic mass is 19.2. The Morgan fingerprint density at radius 2 is 1.95 bits per heavy atom. The summed E-state index contributed by atoms with van der Waals surface area (Å²) >= 11 is 0. The summed E-state index contributed by atoms with van der Waals surface area (Å²) in [6.45, 7) is 0. The van der Waals surface area contributed by atoms with E-state index < -0.39 is 34.8 Å². The minimum absolute atomic E-state index is 0.0137. The molecule has 0 fully saturated rings. The molecule has 0 aliphatic carbocycles. The van der Waals surface area contributed by atoms with Gasteiger partial charge in [0, 0.05) is 6.07 Å². The molecule has 1 aromatic heterocycles. The van der Waals surface area contributed by atoms with Crippen LogP contribution in [0.25, 0.3) is 5.69 Å². The summed E-state index contributed by atoms with van der Waals surface area (Å²) in [4.78, 5) is 22.2. The van der Waals surface area contributed by atoms with Crippen molar-refractivity contribution < 1.29 is 23.5 Å². The van der Waals surface area contributed by atoms with Crippen molar-refractivity contribution in [3.63, 3.8) is 0 Å². The van der Waals surface area contributed by atoms with Gasteiger partial charge in [-0.25, -0.2) is 18.3 Å². The first-order valence-corrected chi connectivity index (χ1v) is 4.98. The molecule has 0 spiro atoms. The fourth-order valence-corrected chi connectivity index (χ4v) is 1.55. The number of aromatic carboxylic acids is 1. The molecular formula is C11H7F2N3O3. The molecule has 0 saturated carbocycles. The van der Waals surface area contributed by atoms with Crippen LogP contribution in [0, 0.1) is 11.6 Å². The zero-order chi connectivity index (χ0) is 14.2. The molecule has 3 N–H and O–H groups in total. The smallest absolute Gasteiger partial charge is 0.339 e. The number of benzene rings is 1. The van der Waals surface area contributed by atoms with E-state index in [-0.39, 0.29) is 5.69 Å². The molecule has 98 valence electrons. The van der Waals surface area contributed by atoms with Crippen LogP contribution in [0.5, 0.6) is 0 Å². The third-order valence-electron chi connectivity index (χ3n) is 2.38. The summed E-state index contributed by atoms with van der Waals surface area (Å²) in [6.07, 6.45) is 0.906. The van der Waals surface area contributed by atoms with E-state index in [1.54, 1.807) is 0 Å². The number of nitrogens with zero attached hydrogens (tertiary/aromatic N) is 2. The maximum Gasteiger partial charge on any atom is 0.339 e. The Morgan fingerprint density at radius 1 is 1.26 bits per heavy atom. The van der Waals surface area contributed by atoms with Gasteiger partial charge in [0.05, 0.1) is 11.9 Å². The summed E-state index contributed by atoms with van der Waals surface area (Å²) < 4.78 is 26.8. The second-order valence-corrected chi connectivity index (χ2v) is 3.59. The molecule has 0 radical (unpaired) electrons. The summed E-state index contributed by atoms with van der Waals surface area (Å²) in [5.74, 6) is -4.67. The van der Waals surface area contributed by atoms with Crippen molar-refractivity contribution in [1.82, 2.24) is 9.78 Å². The first kappa shape index (κ1) is 12.7. The Morgan fingerprint density at radius 3 is 2.47 bits per heavy atom. The van der Waals surface area contributed by atoms with E-state index in [9.17, 15) is 18.4 Å². The van der Waals surface area contributed by atoms with Crippen LogP contribution >= 0.6 is 0 Å². The van der Waals surface area contributed by atoms with E-state index in [0.29, 0.717) is 0 Å². The fourth-order valence-electron chi connectivity index (χ4n) is 1.55. The second kappa shape index (κ2) is 4.48. The van der Waals surface area contributed by atoms with Crippen LogP contribution in [0.1, 0.15) is 20.8 Å². The van der Waals surface area contributed by atoms with Crippen LogP contribution in [-0.2, 0) is 0 Å². The highest BCUT2D eigenvalue weighted by Gasteiger charge is 2.22. The normalized spacial score (nSPS) is 10.4. The topological polar surface area (TPSA) is 98.2 Å². The van der Waals surface area contributed by atoms with E-state index in [2.05, 4.69) is 5.10 Å². The lowest BCUT2D eigenvalue weighted by atomic mass is 10.2. The molecule has 0 saturated heterocycles. The van der Waals surface area contributed by atoms with Crippen LogP contribution in [0.3, 0.4) is 0 Å². The van der Waals surface area contributed by atoms with Gasteiger partial charge < -0.3 is 10.8 Å². The monoisotopic (exact) mass is 267 g/mol. The van der Waals surface area contributed by atoms with Gasteiger partial charge in [0.2, 0.25) is 0 Å². The number of carbonyl (C=O) groups excluding carboxylic acids is 1. The lowest BCUT2D eigenvalue weighted by Crippen LogP contribution is -2.20. The maximum atomic E-state index is 13.1. The summed E-state index contributed by atoms with van der Waals surface area (Å²) in [6, 6.07) is 2.75. The van der Waals surface area contributed by atoms with Crippen molar-refractivity contribution in [3.05, 3.63) is 47.3 Å². The van der Waals surface area contributed by atoms with Gasteiger partial charge >= 0.3 is 5.97 Å². The van der Waals surface area contributed by atoms with Gasteiger partial charge in [-0.05, 0) is 12.1 Å². The minimum Gasteiger partial charge on any atom is -0.478 e. The molecule has 2 aromatic rings. The number of primary amides is 1. The van der Waals surface area contributed by atoms with Crippen molar-refractivity contribution in [2.24, 2.45) is 5.73 Å². The molecule has 1 heterocycles. The number of carboxylic acid groups (broad SMARTS) is 1. The third-order valence-corrected chi connectivity index (χ3v) is 2.38. The number of hydrogen-bond acceptors (Lipinski definition) is 3. The van der Waals surface area contributed by atoms with E-state index in [1.807, 2.05) is 0 Å². The molecule has 1 amide bonds. The molecular weight excluding hydrogens is 260 g/mol. The van der Waals surface area contributed by atoms with Gasteiger partial charge in [0.25, 0.3) is 5.91 Å². The van der Waals surface area contributed by atoms with Crippen LogP contribution in [-0.4, -0.2) is 26.8 Å². The Bertz CT molecular complexity index is 682. The van der Waals surface area contributed by atoms with Crippen molar-refractivity contribution in [2.75, 3.05) is 0 Å². The molecule has 0 unspecified atom stereocenters. The fraction of sp³-hybridized carbons (Fsp3) is 0. The molecule has 6 nitrogen and oxygen atoms in total. The first-order chi connectivity index (χ1) is 8.91. The van der Waals surface area contributed by atoms with Crippen LogP contribution < -0.4 is 5.73 Å². The lowest BCUT2D eigenvalue weighted by molar-refractivity contribution is 0.0692. The zero-order valence-electron chi connectivity index (χ0n) is 9.30. The van der Waals surface area contributed by atoms with E-state index in [4.69, 9.17) is 10.8 Å². The SMILES string of the molecule is NC(=O)c1c(C(=O)O)cnn1-c1ccc(F)c(F)c1. The summed E-state index contributed by atoms with van der Waals surface area (Å²) in [5.41, 5.74) is 4.22. The Hall–Kier alpha value is -2.77. The quantitative estimate of drug-likeness (QED) is 0.864. The first-order valence-electron chi connectivity index (χ1n) is 4.98. The highest BCUT2D eigenvalue weighted by Crippen LogP contribution is 2.17. The predicted molar refractivity (Wildman–Crippen MR) is 59.0 cm³/mol. The highest BCUT2D eigenvalue weighted by molar-refractivity contribution is 6.03. The average molecular weight is 267 g/mol. The van der Waals surface area contributed by atoms with Gasteiger partial charge in [0.1, 0.15) is 11.3 Å². The standard InChI is InChI=1S/C11H7F2N3O3/c12-7-2-1-5(3-8(7)13)16-9(10(14)17)6(4-15-16)11(18)19/h1-4H,(H2,14,17)(H,18,19). The molecule has 8 heteroatoms. The number of aromatic nitrogens is 2. The number of halogens is 2. The van der Waals surface area contributed by atoms with Crippen LogP contribution in [0.2, 0.25) is 0 Å². The molecule has 1 aromatic carbocycles. The average Bonchev–Trinajstić information content (AvgIpc) is 2.77. The van der Waals surface area contributed by atoms with Gasteiger partial charge in [-0.15, -0.1) is 0 Å². The molecule has 19 heavy (non-hydrogen) atoms. The third kappa shape index (κ3) is 2.15. The Balaban J connectivity index is 2.65. The number of rotatable bonds is 3. The Labute approximate surface area is 105 Å². The molecule has 2 rings (SSSR count). The van der Waals surface area contributed by atoms with Gasteiger partial charge in [-0.1, -0.05) is 0 Å². The minimum atomic E-state index is -1.40. The number of carbonyl (C=O) groups is 2. The van der Waals surface area contributed by atoms with E-state index >= 15 is 0 Å². The second-order valence-electron chi connectivity index (χ2n) is 3.59. The molecule has 0 aliphatic rings. The van der Waals surface area contributed by atoms with Gasteiger partial charge in [-0.3, -0.25) is 4.79 Å². The largest absolute Gasteiger partial charge is 0.478 e. The van der Waals surface area contributed by atoms with Crippen molar-refractivity contribution in [1.29, 1.82) is 0 Å².